The van der Waals surface area contributed by atoms with Gasteiger partial charge >= 0.3 is 0 Å². The number of aromatic amines is 1. The minimum atomic E-state index is -0.289. The summed E-state index contributed by atoms with van der Waals surface area (Å²) in [6.45, 7) is 0. The number of hydrogen-bond acceptors (Lipinski definition) is 1. The van der Waals surface area contributed by atoms with Crippen LogP contribution in [0.5, 0.6) is 0 Å². The number of nitrogens with one attached hydrogen (secondary N) is 1. The van der Waals surface area contributed by atoms with E-state index in [-0.39, 0.29) is 5.82 Å². The second kappa shape index (κ2) is 4.67. The van der Waals surface area contributed by atoms with Gasteiger partial charge in [0, 0.05) is 28.0 Å². The summed E-state index contributed by atoms with van der Waals surface area (Å²) in [5.41, 5.74) is 3.50. The van der Waals surface area contributed by atoms with Crippen LogP contribution in [-0.2, 0) is 0 Å². The van der Waals surface area contributed by atoms with Gasteiger partial charge in [0.25, 0.3) is 0 Å². The molecule has 102 valence electrons. The third-order valence-corrected chi connectivity index (χ3v) is 4.26. The van der Waals surface area contributed by atoms with Gasteiger partial charge in [-0.2, -0.15) is 0 Å². The normalized spacial score (nSPS) is 11.3. The SMILES string of the molecule is Fc1cc(-c2nccc3c2[nH]c2ccccc23)ccc1Br. The van der Waals surface area contributed by atoms with Crippen molar-refractivity contribution in [3.63, 3.8) is 0 Å². The molecule has 0 spiro atoms. The number of H-pyrrole nitrogens is 1. The van der Waals surface area contributed by atoms with Gasteiger partial charge in [-0.25, -0.2) is 4.39 Å². The average Bonchev–Trinajstić information content (AvgIpc) is 2.89. The number of nitrogens with zero attached hydrogens (tertiary/aromatic N) is 1. The Morgan fingerprint density at radius 3 is 2.71 bits per heavy atom. The first-order valence-electron chi connectivity index (χ1n) is 6.55. The Bertz CT molecular complexity index is 975. The van der Waals surface area contributed by atoms with Crippen LogP contribution in [0.4, 0.5) is 4.39 Å². The maximum Gasteiger partial charge on any atom is 0.138 e. The van der Waals surface area contributed by atoms with Gasteiger partial charge in [-0.3, -0.25) is 4.98 Å². The summed E-state index contributed by atoms with van der Waals surface area (Å²) in [6.07, 6.45) is 1.76. The molecule has 0 aliphatic rings. The van der Waals surface area contributed by atoms with Crippen LogP contribution in [0.25, 0.3) is 33.1 Å². The molecule has 0 bridgehead atoms. The first-order chi connectivity index (χ1) is 10.2. The summed E-state index contributed by atoms with van der Waals surface area (Å²) in [5.74, 6) is -0.289. The number of rotatable bonds is 1. The zero-order valence-electron chi connectivity index (χ0n) is 10.9. The highest BCUT2D eigenvalue weighted by molar-refractivity contribution is 9.10. The second-order valence-electron chi connectivity index (χ2n) is 4.88. The van der Waals surface area contributed by atoms with Crippen molar-refractivity contribution in [3.8, 4) is 11.3 Å². The fourth-order valence-electron chi connectivity index (χ4n) is 2.64. The summed E-state index contributed by atoms with van der Waals surface area (Å²) < 4.78 is 14.2. The number of para-hydroxylation sites is 1. The van der Waals surface area contributed by atoms with E-state index in [2.05, 4.69) is 32.0 Å². The number of aromatic nitrogens is 2. The number of pyridine rings is 1. The minimum Gasteiger partial charge on any atom is -0.353 e. The molecular weight excluding hydrogens is 331 g/mol. The van der Waals surface area contributed by atoms with Gasteiger partial charge in [0.2, 0.25) is 0 Å². The molecule has 0 radical (unpaired) electrons. The zero-order chi connectivity index (χ0) is 14.4. The Labute approximate surface area is 128 Å². The quantitative estimate of drug-likeness (QED) is 0.501. The van der Waals surface area contributed by atoms with Gasteiger partial charge in [0.15, 0.2) is 0 Å². The van der Waals surface area contributed by atoms with Crippen molar-refractivity contribution in [2.75, 3.05) is 0 Å². The Hall–Kier alpha value is -2.20. The van der Waals surface area contributed by atoms with Crippen molar-refractivity contribution in [3.05, 3.63) is 65.0 Å². The average molecular weight is 341 g/mol. The lowest BCUT2D eigenvalue weighted by Gasteiger charge is -2.04. The van der Waals surface area contributed by atoms with Gasteiger partial charge in [-0.05, 0) is 40.2 Å². The van der Waals surface area contributed by atoms with Crippen LogP contribution in [0.3, 0.4) is 0 Å². The summed E-state index contributed by atoms with van der Waals surface area (Å²) in [7, 11) is 0. The Balaban J connectivity index is 2.06. The van der Waals surface area contributed by atoms with Crippen molar-refractivity contribution in [2.24, 2.45) is 0 Å². The van der Waals surface area contributed by atoms with Crippen molar-refractivity contribution in [2.45, 2.75) is 0 Å². The van der Waals surface area contributed by atoms with E-state index < -0.39 is 0 Å². The van der Waals surface area contributed by atoms with Crippen LogP contribution < -0.4 is 0 Å². The number of benzene rings is 2. The molecule has 0 saturated heterocycles. The van der Waals surface area contributed by atoms with Crippen molar-refractivity contribution >= 4 is 37.7 Å². The molecule has 4 heteroatoms. The highest BCUT2D eigenvalue weighted by atomic mass is 79.9. The van der Waals surface area contributed by atoms with E-state index in [4.69, 9.17) is 0 Å². The number of halogens is 2. The molecule has 4 aromatic rings. The Morgan fingerprint density at radius 2 is 1.86 bits per heavy atom. The van der Waals surface area contributed by atoms with Crippen LogP contribution in [0.15, 0.2) is 59.2 Å². The monoisotopic (exact) mass is 340 g/mol. The maximum absolute atomic E-state index is 13.8. The van der Waals surface area contributed by atoms with Crippen LogP contribution in [0.1, 0.15) is 0 Å². The van der Waals surface area contributed by atoms with E-state index in [0.29, 0.717) is 4.47 Å². The molecule has 0 saturated carbocycles. The first-order valence-corrected chi connectivity index (χ1v) is 7.34. The molecule has 0 aliphatic carbocycles. The molecule has 21 heavy (non-hydrogen) atoms. The Kier molecular flexibility index (Phi) is 2.79. The summed E-state index contributed by atoms with van der Waals surface area (Å²) in [6, 6.07) is 15.1. The molecule has 0 fully saturated rings. The predicted octanol–water partition coefficient (Wildman–Crippen LogP) is 5.28. The third-order valence-electron chi connectivity index (χ3n) is 3.62. The standard InChI is InChI=1S/C17H10BrFN2/c18-13-6-5-10(9-14(13)19)16-17-12(7-8-20-16)11-3-1-2-4-15(11)21-17/h1-9,21H. The maximum atomic E-state index is 13.8. The van der Waals surface area contributed by atoms with Gasteiger partial charge in [-0.1, -0.05) is 24.3 Å². The molecule has 0 aliphatic heterocycles. The molecule has 0 unspecified atom stereocenters. The lowest BCUT2D eigenvalue weighted by atomic mass is 10.1. The molecular formula is C17H10BrFN2. The second-order valence-corrected chi connectivity index (χ2v) is 5.74. The van der Waals surface area contributed by atoms with Gasteiger partial charge in [0.05, 0.1) is 15.7 Å². The summed E-state index contributed by atoms with van der Waals surface area (Å²) >= 11 is 3.18. The lowest BCUT2D eigenvalue weighted by Crippen LogP contribution is -1.87. The van der Waals surface area contributed by atoms with Crippen molar-refractivity contribution in [1.82, 2.24) is 9.97 Å². The fourth-order valence-corrected chi connectivity index (χ4v) is 2.88. The number of fused-ring (bicyclic) bond motifs is 3. The van der Waals surface area contributed by atoms with E-state index in [1.165, 1.54) is 6.07 Å². The number of hydrogen-bond donors (Lipinski definition) is 1. The lowest BCUT2D eigenvalue weighted by molar-refractivity contribution is 0.621. The molecule has 2 heterocycles. The summed E-state index contributed by atoms with van der Waals surface area (Å²) in [5, 5.41) is 2.24. The molecule has 4 rings (SSSR count). The fraction of sp³-hybridized carbons (Fsp3) is 0. The van der Waals surface area contributed by atoms with Crippen molar-refractivity contribution in [1.29, 1.82) is 0 Å². The van der Waals surface area contributed by atoms with E-state index >= 15 is 0 Å². The predicted molar refractivity (Wildman–Crippen MR) is 86.7 cm³/mol. The highest BCUT2D eigenvalue weighted by Gasteiger charge is 2.11. The van der Waals surface area contributed by atoms with E-state index in [0.717, 1.165) is 33.1 Å². The first kappa shape index (κ1) is 12.5. The van der Waals surface area contributed by atoms with E-state index in [1.54, 1.807) is 12.3 Å². The van der Waals surface area contributed by atoms with Gasteiger partial charge in [0.1, 0.15) is 5.82 Å². The summed E-state index contributed by atoms with van der Waals surface area (Å²) in [4.78, 5) is 7.81. The molecule has 0 amide bonds. The van der Waals surface area contributed by atoms with Gasteiger partial charge in [-0.15, -0.1) is 0 Å². The van der Waals surface area contributed by atoms with Crippen LogP contribution in [0, 0.1) is 5.82 Å². The third kappa shape index (κ3) is 1.94. The van der Waals surface area contributed by atoms with E-state index in [9.17, 15) is 4.39 Å². The van der Waals surface area contributed by atoms with Crippen LogP contribution >= 0.6 is 15.9 Å². The smallest absolute Gasteiger partial charge is 0.138 e. The highest BCUT2D eigenvalue weighted by Crippen LogP contribution is 2.32. The largest absolute Gasteiger partial charge is 0.353 e. The minimum absolute atomic E-state index is 0.289. The van der Waals surface area contributed by atoms with E-state index in [1.807, 2.05) is 30.3 Å². The molecule has 2 aromatic heterocycles. The molecule has 1 N–H and O–H groups in total. The molecule has 2 nitrogen and oxygen atoms in total. The zero-order valence-corrected chi connectivity index (χ0v) is 12.5. The topological polar surface area (TPSA) is 28.7 Å². The Morgan fingerprint density at radius 1 is 1.00 bits per heavy atom. The van der Waals surface area contributed by atoms with Crippen LogP contribution in [0.2, 0.25) is 0 Å². The molecule has 0 atom stereocenters. The van der Waals surface area contributed by atoms with Crippen molar-refractivity contribution < 1.29 is 4.39 Å². The van der Waals surface area contributed by atoms with Crippen LogP contribution in [-0.4, -0.2) is 9.97 Å². The molecule has 2 aromatic carbocycles. The van der Waals surface area contributed by atoms with Gasteiger partial charge < -0.3 is 4.98 Å².